The van der Waals surface area contributed by atoms with Crippen LogP contribution in [0.3, 0.4) is 0 Å². The van der Waals surface area contributed by atoms with E-state index in [2.05, 4.69) is 10.4 Å². The Morgan fingerprint density at radius 2 is 2.25 bits per heavy atom. The van der Waals surface area contributed by atoms with Crippen molar-refractivity contribution in [1.82, 2.24) is 9.78 Å². The van der Waals surface area contributed by atoms with Crippen LogP contribution < -0.4 is 10.9 Å². The monoisotopic (exact) mass is 297 g/mol. The molecule has 1 saturated carbocycles. The molecule has 0 radical (unpaired) electrons. The van der Waals surface area contributed by atoms with Crippen molar-refractivity contribution in [2.24, 2.45) is 11.8 Å². The van der Waals surface area contributed by atoms with E-state index in [1.165, 1.54) is 19.3 Å². The third-order valence-electron chi connectivity index (χ3n) is 4.24. The number of anilines is 1. The Hall–Kier alpha value is -1.07. The zero-order chi connectivity index (χ0) is 13.9. The molecule has 2 heterocycles. The minimum atomic E-state index is -0.108. The molecular weight excluding hydrogens is 278 g/mol. The molecule has 110 valence electrons. The molecule has 1 aromatic rings. The SMILES string of the molecule is O=c1c(NCC2CCOC2)c(Cl)cnn1CC1CCC1. The van der Waals surface area contributed by atoms with Gasteiger partial charge in [-0.15, -0.1) is 0 Å². The zero-order valence-corrected chi connectivity index (χ0v) is 12.2. The van der Waals surface area contributed by atoms with Crippen LogP contribution in [0.1, 0.15) is 25.7 Å². The molecule has 1 N–H and O–H groups in total. The second-order valence-corrected chi connectivity index (χ2v) is 6.17. The van der Waals surface area contributed by atoms with Gasteiger partial charge in [-0.25, -0.2) is 4.68 Å². The van der Waals surface area contributed by atoms with Crippen LogP contribution in [0.2, 0.25) is 5.02 Å². The minimum Gasteiger partial charge on any atom is -0.381 e. The van der Waals surface area contributed by atoms with E-state index >= 15 is 0 Å². The van der Waals surface area contributed by atoms with Gasteiger partial charge in [0.25, 0.3) is 5.56 Å². The summed E-state index contributed by atoms with van der Waals surface area (Å²) in [4.78, 5) is 12.4. The van der Waals surface area contributed by atoms with Gasteiger partial charge in [-0.2, -0.15) is 5.10 Å². The predicted octanol–water partition coefficient (Wildman–Crippen LogP) is 2.15. The summed E-state index contributed by atoms with van der Waals surface area (Å²) in [6.07, 6.45) is 6.25. The molecule has 1 saturated heterocycles. The van der Waals surface area contributed by atoms with Crippen LogP contribution in [0.4, 0.5) is 5.69 Å². The Balaban J connectivity index is 1.70. The molecular formula is C14H20ClN3O2. The van der Waals surface area contributed by atoms with E-state index in [4.69, 9.17) is 16.3 Å². The molecule has 0 bridgehead atoms. The average molecular weight is 298 g/mol. The third kappa shape index (κ3) is 2.99. The van der Waals surface area contributed by atoms with Gasteiger partial charge >= 0.3 is 0 Å². The maximum atomic E-state index is 12.4. The molecule has 20 heavy (non-hydrogen) atoms. The molecule has 1 aliphatic heterocycles. The summed E-state index contributed by atoms with van der Waals surface area (Å²) >= 11 is 6.10. The second kappa shape index (κ2) is 6.14. The van der Waals surface area contributed by atoms with E-state index in [9.17, 15) is 4.79 Å². The lowest BCUT2D eigenvalue weighted by molar-refractivity contribution is 0.187. The van der Waals surface area contributed by atoms with E-state index in [0.29, 0.717) is 29.1 Å². The summed E-state index contributed by atoms with van der Waals surface area (Å²) in [6, 6.07) is 0. The van der Waals surface area contributed by atoms with Crippen LogP contribution in [0, 0.1) is 11.8 Å². The van der Waals surface area contributed by atoms with Gasteiger partial charge < -0.3 is 10.1 Å². The van der Waals surface area contributed by atoms with Crippen molar-refractivity contribution in [1.29, 1.82) is 0 Å². The lowest BCUT2D eigenvalue weighted by atomic mass is 9.85. The largest absolute Gasteiger partial charge is 0.381 e. The Labute approximate surface area is 123 Å². The topological polar surface area (TPSA) is 56.1 Å². The highest BCUT2D eigenvalue weighted by molar-refractivity contribution is 6.32. The highest BCUT2D eigenvalue weighted by Crippen LogP contribution is 2.27. The highest BCUT2D eigenvalue weighted by atomic mass is 35.5. The van der Waals surface area contributed by atoms with Gasteiger partial charge in [-0.1, -0.05) is 18.0 Å². The summed E-state index contributed by atoms with van der Waals surface area (Å²) < 4.78 is 6.88. The van der Waals surface area contributed by atoms with Gasteiger partial charge in [-0.05, 0) is 25.2 Å². The van der Waals surface area contributed by atoms with Gasteiger partial charge in [0.1, 0.15) is 5.69 Å². The molecule has 3 rings (SSSR count). The van der Waals surface area contributed by atoms with Crippen LogP contribution in [0.25, 0.3) is 0 Å². The number of aromatic nitrogens is 2. The molecule has 1 aliphatic carbocycles. The molecule has 2 fully saturated rings. The molecule has 1 atom stereocenters. The minimum absolute atomic E-state index is 0.108. The fraction of sp³-hybridized carbons (Fsp3) is 0.714. The van der Waals surface area contributed by atoms with Crippen LogP contribution in [0.5, 0.6) is 0 Å². The first-order chi connectivity index (χ1) is 9.74. The van der Waals surface area contributed by atoms with Crippen LogP contribution >= 0.6 is 11.6 Å². The first kappa shape index (κ1) is 13.9. The zero-order valence-electron chi connectivity index (χ0n) is 11.5. The number of nitrogens with one attached hydrogen (secondary N) is 1. The Kier molecular flexibility index (Phi) is 4.27. The first-order valence-electron chi connectivity index (χ1n) is 7.31. The number of rotatable bonds is 5. The van der Waals surface area contributed by atoms with Crippen molar-refractivity contribution < 1.29 is 4.74 Å². The summed E-state index contributed by atoms with van der Waals surface area (Å²) in [5, 5.41) is 7.74. The van der Waals surface area contributed by atoms with Gasteiger partial charge in [0.2, 0.25) is 0 Å². The van der Waals surface area contributed by atoms with Crippen molar-refractivity contribution in [3.05, 3.63) is 21.6 Å². The molecule has 0 spiro atoms. The fourth-order valence-electron chi connectivity index (χ4n) is 2.67. The maximum Gasteiger partial charge on any atom is 0.291 e. The number of hydrogen-bond acceptors (Lipinski definition) is 4. The number of ether oxygens (including phenoxy) is 1. The van der Waals surface area contributed by atoms with Gasteiger partial charge in [0, 0.05) is 25.6 Å². The highest BCUT2D eigenvalue weighted by Gasteiger charge is 2.21. The van der Waals surface area contributed by atoms with Crippen LogP contribution in [0.15, 0.2) is 11.0 Å². The molecule has 0 amide bonds. The van der Waals surface area contributed by atoms with Gasteiger partial charge in [-0.3, -0.25) is 4.79 Å². The Bertz CT molecular complexity index is 522. The fourth-order valence-corrected chi connectivity index (χ4v) is 2.86. The Morgan fingerprint density at radius 3 is 2.90 bits per heavy atom. The number of halogens is 1. The van der Waals surface area contributed by atoms with Crippen molar-refractivity contribution in [3.63, 3.8) is 0 Å². The number of hydrogen-bond donors (Lipinski definition) is 1. The Morgan fingerprint density at radius 1 is 1.40 bits per heavy atom. The van der Waals surface area contributed by atoms with Gasteiger partial charge in [0.15, 0.2) is 0 Å². The molecule has 6 heteroatoms. The summed E-state index contributed by atoms with van der Waals surface area (Å²) in [7, 11) is 0. The van der Waals surface area contributed by atoms with Crippen molar-refractivity contribution in [2.45, 2.75) is 32.2 Å². The van der Waals surface area contributed by atoms with Gasteiger partial charge in [0.05, 0.1) is 17.8 Å². The maximum absolute atomic E-state index is 12.4. The standard InChI is InChI=1S/C14H20ClN3O2/c15-12-7-17-18(8-10-2-1-3-10)14(19)13(12)16-6-11-4-5-20-9-11/h7,10-11,16H,1-6,8-9H2. The van der Waals surface area contributed by atoms with Crippen LogP contribution in [-0.2, 0) is 11.3 Å². The van der Waals surface area contributed by atoms with E-state index in [1.54, 1.807) is 10.9 Å². The predicted molar refractivity (Wildman–Crippen MR) is 78.3 cm³/mol. The van der Waals surface area contributed by atoms with Crippen LogP contribution in [-0.4, -0.2) is 29.5 Å². The molecule has 2 aliphatic rings. The second-order valence-electron chi connectivity index (χ2n) is 5.76. The molecule has 5 nitrogen and oxygen atoms in total. The molecule has 1 aromatic heterocycles. The number of nitrogens with zero attached hydrogens (tertiary/aromatic N) is 2. The average Bonchev–Trinajstić information content (AvgIpc) is 2.89. The van der Waals surface area contributed by atoms with Crippen molar-refractivity contribution in [3.8, 4) is 0 Å². The summed E-state index contributed by atoms with van der Waals surface area (Å²) in [5.41, 5.74) is 0.371. The lowest BCUT2D eigenvalue weighted by Gasteiger charge is -2.25. The van der Waals surface area contributed by atoms with E-state index in [0.717, 1.165) is 26.2 Å². The quantitative estimate of drug-likeness (QED) is 0.905. The normalized spacial score (nSPS) is 22.8. The molecule has 0 aromatic carbocycles. The van der Waals surface area contributed by atoms with E-state index in [-0.39, 0.29) is 5.56 Å². The first-order valence-corrected chi connectivity index (χ1v) is 7.69. The van der Waals surface area contributed by atoms with E-state index < -0.39 is 0 Å². The smallest absolute Gasteiger partial charge is 0.291 e. The third-order valence-corrected chi connectivity index (χ3v) is 4.53. The lowest BCUT2D eigenvalue weighted by Crippen LogP contribution is -2.31. The molecule has 1 unspecified atom stereocenters. The summed E-state index contributed by atoms with van der Waals surface area (Å²) in [5.74, 6) is 1.05. The van der Waals surface area contributed by atoms with Crippen molar-refractivity contribution >= 4 is 17.3 Å². The summed E-state index contributed by atoms with van der Waals surface area (Å²) in [6.45, 7) is 2.99. The van der Waals surface area contributed by atoms with Crippen molar-refractivity contribution in [2.75, 3.05) is 25.1 Å². The van der Waals surface area contributed by atoms with E-state index in [1.807, 2.05) is 0 Å².